The van der Waals surface area contributed by atoms with Crippen molar-refractivity contribution in [2.45, 2.75) is 6.10 Å². The third kappa shape index (κ3) is 3.63. The van der Waals surface area contributed by atoms with Gasteiger partial charge in [-0.15, -0.1) is 11.3 Å². The number of hydrogen-bond acceptors (Lipinski definition) is 5. The summed E-state index contributed by atoms with van der Waals surface area (Å²) in [5.74, 6) is -0.222. The Balaban J connectivity index is 1.57. The lowest BCUT2D eigenvalue weighted by Gasteiger charge is -2.13. The number of halogens is 1. The minimum Gasteiger partial charge on any atom is -0.442 e. The minimum absolute atomic E-state index is 0.222. The van der Waals surface area contributed by atoms with E-state index in [1.54, 1.807) is 17.0 Å². The van der Waals surface area contributed by atoms with E-state index in [4.69, 9.17) is 16.3 Å². The first-order valence-corrected chi connectivity index (χ1v) is 8.56. The van der Waals surface area contributed by atoms with Crippen molar-refractivity contribution in [3.63, 3.8) is 0 Å². The Morgan fingerprint density at radius 1 is 1.33 bits per heavy atom. The van der Waals surface area contributed by atoms with Crippen LogP contribution in [0.5, 0.6) is 0 Å². The van der Waals surface area contributed by atoms with Crippen LogP contribution >= 0.6 is 22.9 Å². The molecule has 0 unspecified atom stereocenters. The molecule has 2 N–H and O–H groups in total. The molecule has 126 valence electrons. The predicted molar refractivity (Wildman–Crippen MR) is 95.3 cm³/mol. The SMILES string of the molecule is CNc1ccc(N2C[C@H](CNC(=O)c3ccc(Cl)s3)OC2=O)cc1. The van der Waals surface area contributed by atoms with E-state index in [0.29, 0.717) is 15.8 Å². The van der Waals surface area contributed by atoms with E-state index in [-0.39, 0.29) is 18.6 Å². The average Bonchev–Trinajstić information content (AvgIpc) is 3.18. The zero-order chi connectivity index (χ0) is 17.1. The largest absolute Gasteiger partial charge is 0.442 e. The summed E-state index contributed by atoms with van der Waals surface area (Å²) in [6, 6.07) is 10.8. The van der Waals surface area contributed by atoms with Crippen LogP contribution in [0.2, 0.25) is 4.34 Å². The monoisotopic (exact) mass is 365 g/mol. The summed E-state index contributed by atoms with van der Waals surface area (Å²) >= 11 is 7.03. The van der Waals surface area contributed by atoms with Gasteiger partial charge < -0.3 is 15.4 Å². The van der Waals surface area contributed by atoms with E-state index in [2.05, 4.69) is 10.6 Å². The summed E-state index contributed by atoms with van der Waals surface area (Å²) in [6.45, 7) is 0.647. The second kappa shape index (κ2) is 7.11. The Kier molecular flexibility index (Phi) is 4.92. The molecule has 2 heterocycles. The van der Waals surface area contributed by atoms with E-state index in [1.165, 1.54) is 11.3 Å². The van der Waals surface area contributed by atoms with E-state index in [0.717, 1.165) is 11.4 Å². The smallest absolute Gasteiger partial charge is 0.414 e. The van der Waals surface area contributed by atoms with Gasteiger partial charge in [-0.25, -0.2) is 4.79 Å². The van der Waals surface area contributed by atoms with Crippen molar-refractivity contribution in [1.29, 1.82) is 0 Å². The molecule has 0 saturated carbocycles. The lowest BCUT2D eigenvalue weighted by atomic mass is 10.2. The fraction of sp³-hybridized carbons (Fsp3) is 0.250. The standard InChI is InChI=1S/C16H16ClN3O3S/c1-18-10-2-4-11(5-3-10)20-9-12(23-16(20)22)8-19-15(21)13-6-7-14(17)24-13/h2-7,12,18H,8-9H2,1H3,(H,19,21)/t12-/m0/s1. The maximum Gasteiger partial charge on any atom is 0.414 e. The molecule has 0 aliphatic carbocycles. The van der Waals surface area contributed by atoms with Crippen molar-refractivity contribution < 1.29 is 14.3 Å². The first-order valence-electron chi connectivity index (χ1n) is 7.36. The van der Waals surface area contributed by atoms with Gasteiger partial charge in [-0.2, -0.15) is 0 Å². The molecule has 1 aliphatic heterocycles. The quantitative estimate of drug-likeness (QED) is 0.853. The molecule has 1 fully saturated rings. The number of amides is 2. The van der Waals surface area contributed by atoms with E-state index in [9.17, 15) is 9.59 Å². The third-order valence-electron chi connectivity index (χ3n) is 3.63. The number of cyclic esters (lactones) is 1. The first kappa shape index (κ1) is 16.6. The molecule has 2 amide bonds. The molecule has 1 atom stereocenters. The predicted octanol–water partition coefficient (Wildman–Crippen LogP) is 3.20. The van der Waals surface area contributed by atoms with Crippen LogP contribution in [0.3, 0.4) is 0 Å². The summed E-state index contributed by atoms with van der Waals surface area (Å²) in [7, 11) is 1.83. The Hall–Kier alpha value is -2.25. The van der Waals surface area contributed by atoms with Crippen molar-refractivity contribution in [2.24, 2.45) is 0 Å². The van der Waals surface area contributed by atoms with Crippen LogP contribution in [0, 0.1) is 0 Å². The van der Waals surface area contributed by atoms with Gasteiger partial charge in [-0.3, -0.25) is 9.69 Å². The fourth-order valence-corrected chi connectivity index (χ4v) is 3.34. The molecule has 24 heavy (non-hydrogen) atoms. The van der Waals surface area contributed by atoms with Crippen LogP contribution in [0.25, 0.3) is 0 Å². The minimum atomic E-state index is -0.411. The van der Waals surface area contributed by atoms with Crippen LogP contribution < -0.4 is 15.5 Å². The number of anilines is 2. The number of carbonyl (C=O) groups is 2. The number of nitrogens with zero attached hydrogens (tertiary/aromatic N) is 1. The van der Waals surface area contributed by atoms with Gasteiger partial charge in [0, 0.05) is 18.4 Å². The number of carbonyl (C=O) groups excluding carboxylic acids is 2. The number of ether oxygens (including phenoxy) is 1. The van der Waals surface area contributed by atoms with E-state index >= 15 is 0 Å². The highest BCUT2D eigenvalue weighted by Crippen LogP contribution is 2.24. The Morgan fingerprint density at radius 3 is 2.71 bits per heavy atom. The highest BCUT2D eigenvalue weighted by atomic mass is 35.5. The molecule has 2 aromatic rings. The van der Waals surface area contributed by atoms with Gasteiger partial charge in [0.25, 0.3) is 5.91 Å². The zero-order valence-corrected chi connectivity index (χ0v) is 14.5. The molecule has 1 aromatic carbocycles. The molecule has 1 saturated heterocycles. The van der Waals surface area contributed by atoms with Gasteiger partial charge in [0.05, 0.1) is 22.3 Å². The van der Waals surface area contributed by atoms with Crippen LogP contribution in [0.15, 0.2) is 36.4 Å². The number of rotatable bonds is 5. The van der Waals surface area contributed by atoms with Gasteiger partial charge in [0.1, 0.15) is 6.10 Å². The van der Waals surface area contributed by atoms with Gasteiger partial charge >= 0.3 is 6.09 Å². The number of thiophene rings is 1. The summed E-state index contributed by atoms with van der Waals surface area (Å²) in [5, 5.41) is 5.79. The van der Waals surface area contributed by atoms with Crippen molar-refractivity contribution in [3.05, 3.63) is 45.6 Å². The van der Waals surface area contributed by atoms with Gasteiger partial charge in [0.15, 0.2) is 0 Å². The van der Waals surface area contributed by atoms with Crippen molar-refractivity contribution in [3.8, 4) is 0 Å². The van der Waals surface area contributed by atoms with E-state index in [1.807, 2.05) is 31.3 Å². The number of nitrogens with one attached hydrogen (secondary N) is 2. The molecule has 8 heteroatoms. The van der Waals surface area contributed by atoms with Crippen LogP contribution in [-0.4, -0.2) is 38.2 Å². The molecule has 0 bridgehead atoms. The molecule has 1 aromatic heterocycles. The molecule has 3 rings (SSSR count). The molecule has 1 aliphatic rings. The number of hydrogen-bond donors (Lipinski definition) is 2. The maximum atomic E-state index is 12.0. The van der Waals surface area contributed by atoms with Crippen molar-refractivity contribution in [1.82, 2.24) is 5.32 Å². The van der Waals surface area contributed by atoms with Gasteiger partial charge in [0.2, 0.25) is 0 Å². The summed E-state index contributed by atoms with van der Waals surface area (Å²) in [4.78, 5) is 26.1. The Bertz CT molecular complexity index is 747. The highest BCUT2D eigenvalue weighted by Gasteiger charge is 2.32. The molecular weight excluding hydrogens is 350 g/mol. The zero-order valence-electron chi connectivity index (χ0n) is 12.9. The van der Waals surface area contributed by atoms with E-state index < -0.39 is 6.09 Å². The average molecular weight is 366 g/mol. The summed E-state index contributed by atoms with van der Waals surface area (Å²) < 4.78 is 5.87. The second-order valence-electron chi connectivity index (χ2n) is 5.23. The fourth-order valence-electron chi connectivity index (χ4n) is 2.38. The lowest BCUT2D eigenvalue weighted by molar-refractivity contribution is 0.0920. The lowest BCUT2D eigenvalue weighted by Crippen LogP contribution is -2.34. The van der Waals surface area contributed by atoms with Crippen molar-refractivity contribution in [2.75, 3.05) is 30.4 Å². The molecule has 0 radical (unpaired) electrons. The van der Waals surface area contributed by atoms with Crippen LogP contribution in [0.4, 0.5) is 16.2 Å². The summed E-state index contributed by atoms with van der Waals surface area (Å²) in [6.07, 6.45) is -0.800. The maximum absolute atomic E-state index is 12.0. The van der Waals surface area contributed by atoms with Crippen LogP contribution in [0.1, 0.15) is 9.67 Å². The third-order valence-corrected chi connectivity index (χ3v) is 4.86. The summed E-state index contributed by atoms with van der Waals surface area (Å²) in [5.41, 5.74) is 1.72. The molecular formula is C16H16ClN3O3S. The Labute approximate surface area is 148 Å². The van der Waals surface area contributed by atoms with Crippen molar-refractivity contribution >= 4 is 46.3 Å². The van der Waals surface area contributed by atoms with Crippen LogP contribution in [-0.2, 0) is 4.74 Å². The second-order valence-corrected chi connectivity index (χ2v) is 6.94. The normalized spacial score (nSPS) is 16.8. The first-order chi connectivity index (χ1) is 11.6. The Morgan fingerprint density at radius 2 is 2.08 bits per heavy atom. The number of benzene rings is 1. The molecule has 0 spiro atoms. The van der Waals surface area contributed by atoms with Gasteiger partial charge in [-0.1, -0.05) is 11.6 Å². The van der Waals surface area contributed by atoms with Gasteiger partial charge in [-0.05, 0) is 36.4 Å². The highest BCUT2D eigenvalue weighted by molar-refractivity contribution is 7.17. The topological polar surface area (TPSA) is 70.7 Å². The molecule has 6 nitrogen and oxygen atoms in total.